The van der Waals surface area contributed by atoms with Crippen molar-refractivity contribution >= 4 is 11.9 Å². The summed E-state index contributed by atoms with van der Waals surface area (Å²) in [5.41, 5.74) is -1.95. The van der Waals surface area contributed by atoms with Gasteiger partial charge in [0, 0.05) is 12.0 Å². The van der Waals surface area contributed by atoms with Gasteiger partial charge in [0.1, 0.15) is 11.2 Å². The molecular formula is C22H34O5. The molecule has 27 heavy (non-hydrogen) atoms. The van der Waals surface area contributed by atoms with Crippen LogP contribution in [0.4, 0.5) is 0 Å². The minimum atomic E-state index is -0.727. The number of carbonyl (C=O) groups is 2. The first-order valence-corrected chi connectivity index (χ1v) is 10.4. The highest BCUT2D eigenvalue weighted by Gasteiger charge is 2.63. The fourth-order valence-corrected chi connectivity index (χ4v) is 6.04. The Kier molecular flexibility index (Phi) is 5.21. The minimum absolute atomic E-state index is 0.0369. The minimum Gasteiger partial charge on any atom is -0.458 e. The topological polar surface area (TPSA) is 72.8 Å². The van der Waals surface area contributed by atoms with Crippen molar-refractivity contribution in [1.29, 1.82) is 0 Å². The Morgan fingerprint density at radius 1 is 1.30 bits per heavy atom. The lowest BCUT2D eigenvalue weighted by Gasteiger charge is -2.63. The molecule has 0 aliphatic heterocycles. The van der Waals surface area contributed by atoms with Gasteiger partial charge in [-0.15, -0.1) is 0 Å². The standard InChI is InChI=1S/C22H34O5/c1-6-18(23)26-20(5,7-2)9-14(3)19(24)27-22-12-16-8-17(13-22)11-21(25,10-16)15(22)4/h6,14-17,25H,1,7-13H2,2-5H3. The molecule has 4 saturated carbocycles. The highest BCUT2D eigenvalue weighted by Crippen LogP contribution is 2.61. The maximum absolute atomic E-state index is 13.0. The van der Waals surface area contributed by atoms with Gasteiger partial charge in [-0.25, -0.2) is 4.79 Å². The van der Waals surface area contributed by atoms with Crippen LogP contribution < -0.4 is 0 Å². The van der Waals surface area contributed by atoms with E-state index in [1.807, 2.05) is 27.7 Å². The number of aliphatic hydroxyl groups is 1. The second-order valence-corrected chi connectivity index (χ2v) is 9.63. The molecule has 0 aromatic heterocycles. The zero-order valence-corrected chi connectivity index (χ0v) is 17.1. The van der Waals surface area contributed by atoms with E-state index in [0.717, 1.165) is 38.2 Å². The van der Waals surface area contributed by atoms with E-state index in [-0.39, 0.29) is 17.8 Å². The second kappa shape index (κ2) is 6.91. The molecule has 1 N–H and O–H groups in total. The number of esters is 2. The van der Waals surface area contributed by atoms with E-state index in [4.69, 9.17) is 9.47 Å². The molecular weight excluding hydrogens is 344 g/mol. The molecule has 152 valence electrons. The van der Waals surface area contributed by atoms with Crippen LogP contribution in [0.5, 0.6) is 0 Å². The summed E-state index contributed by atoms with van der Waals surface area (Å²) in [6.45, 7) is 11.1. The zero-order chi connectivity index (χ0) is 20.0. The molecule has 0 spiro atoms. The molecule has 5 nitrogen and oxygen atoms in total. The molecule has 0 heterocycles. The van der Waals surface area contributed by atoms with E-state index >= 15 is 0 Å². The van der Waals surface area contributed by atoms with Crippen molar-refractivity contribution in [2.45, 2.75) is 89.4 Å². The van der Waals surface area contributed by atoms with E-state index in [2.05, 4.69) is 6.58 Å². The van der Waals surface area contributed by atoms with E-state index in [9.17, 15) is 14.7 Å². The summed E-state index contributed by atoms with van der Waals surface area (Å²) in [6.07, 6.45) is 6.71. The van der Waals surface area contributed by atoms with Crippen molar-refractivity contribution in [3.63, 3.8) is 0 Å². The lowest BCUT2D eigenvalue weighted by atomic mass is 9.48. The second-order valence-electron chi connectivity index (χ2n) is 9.63. The van der Waals surface area contributed by atoms with Crippen LogP contribution in [0.15, 0.2) is 12.7 Å². The summed E-state index contributed by atoms with van der Waals surface area (Å²) < 4.78 is 11.6. The van der Waals surface area contributed by atoms with Gasteiger partial charge in [-0.1, -0.05) is 27.4 Å². The SMILES string of the molecule is C=CC(=O)OC(C)(CC)CC(C)C(=O)OC12CC3CC(CC(O)(C3)C1C)C2. The fraction of sp³-hybridized carbons (Fsp3) is 0.818. The first kappa shape index (κ1) is 20.4. The molecule has 4 aliphatic carbocycles. The third kappa shape index (κ3) is 3.67. The van der Waals surface area contributed by atoms with Crippen molar-refractivity contribution in [2.24, 2.45) is 23.7 Å². The Morgan fingerprint density at radius 2 is 1.89 bits per heavy atom. The molecule has 0 aromatic rings. The number of ether oxygens (including phenoxy) is 2. The fourth-order valence-electron chi connectivity index (χ4n) is 6.04. The molecule has 4 bridgehead atoms. The molecule has 4 rings (SSSR count). The molecule has 4 fully saturated rings. The van der Waals surface area contributed by atoms with Crippen molar-refractivity contribution in [3.8, 4) is 0 Å². The van der Waals surface area contributed by atoms with E-state index in [1.54, 1.807) is 0 Å². The maximum atomic E-state index is 13.0. The first-order valence-electron chi connectivity index (χ1n) is 10.4. The summed E-state index contributed by atoms with van der Waals surface area (Å²) in [7, 11) is 0. The van der Waals surface area contributed by atoms with Gasteiger partial charge >= 0.3 is 11.9 Å². The third-order valence-corrected chi connectivity index (χ3v) is 7.52. The molecule has 5 heteroatoms. The molecule has 0 radical (unpaired) electrons. The average molecular weight is 379 g/mol. The van der Waals surface area contributed by atoms with Crippen molar-refractivity contribution in [2.75, 3.05) is 0 Å². The van der Waals surface area contributed by atoms with Gasteiger partial charge in [0.05, 0.1) is 11.5 Å². The highest BCUT2D eigenvalue weighted by molar-refractivity contribution is 5.81. The van der Waals surface area contributed by atoms with Crippen LogP contribution in [0, 0.1) is 23.7 Å². The largest absolute Gasteiger partial charge is 0.458 e. The predicted molar refractivity (Wildman–Crippen MR) is 102 cm³/mol. The van der Waals surface area contributed by atoms with E-state index < -0.39 is 22.8 Å². The van der Waals surface area contributed by atoms with Crippen molar-refractivity contribution in [1.82, 2.24) is 0 Å². The van der Waals surface area contributed by atoms with Gasteiger partial charge in [-0.3, -0.25) is 4.79 Å². The molecule has 0 amide bonds. The lowest BCUT2D eigenvalue weighted by molar-refractivity contribution is -0.253. The quantitative estimate of drug-likeness (QED) is 0.539. The van der Waals surface area contributed by atoms with Crippen LogP contribution in [0.3, 0.4) is 0 Å². The van der Waals surface area contributed by atoms with Crippen LogP contribution in [-0.4, -0.2) is 33.8 Å². The summed E-state index contributed by atoms with van der Waals surface area (Å²) in [4.78, 5) is 24.6. The Balaban J connectivity index is 1.69. The van der Waals surface area contributed by atoms with E-state index in [1.165, 1.54) is 0 Å². The Labute approximate surface area is 162 Å². The Morgan fingerprint density at radius 3 is 2.41 bits per heavy atom. The van der Waals surface area contributed by atoms with Gasteiger partial charge in [0.2, 0.25) is 0 Å². The van der Waals surface area contributed by atoms with Crippen molar-refractivity contribution in [3.05, 3.63) is 12.7 Å². The Bertz CT molecular complexity index is 612. The maximum Gasteiger partial charge on any atom is 0.330 e. The highest BCUT2D eigenvalue weighted by atomic mass is 16.6. The monoisotopic (exact) mass is 378 g/mol. The van der Waals surface area contributed by atoms with Crippen LogP contribution >= 0.6 is 0 Å². The molecule has 5 unspecified atom stereocenters. The van der Waals surface area contributed by atoms with Gasteiger partial charge in [-0.05, 0) is 63.7 Å². The molecule has 0 saturated heterocycles. The first-order chi connectivity index (χ1) is 12.5. The molecule has 4 aliphatic rings. The summed E-state index contributed by atoms with van der Waals surface area (Å²) >= 11 is 0. The average Bonchev–Trinajstić information content (AvgIpc) is 2.58. The summed E-state index contributed by atoms with van der Waals surface area (Å²) in [6, 6.07) is 0. The lowest BCUT2D eigenvalue weighted by Crippen LogP contribution is -2.66. The van der Waals surface area contributed by atoms with Gasteiger partial charge < -0.3 is 14.6 Å². The predicted octanol–water partition coefficient (Wildman–Crippen LogP) is 3.78. The number of rotatable bonds is 7. The van der Waals surface area contributed by atoms with Gasteiger partial charge in [0.15, 0.2) is 0 Å². The summed E-state index contributed by atoms with van der Waals surface area (Å²) in [5.74, 6) is -0.237. The third-order valence-electron chi connectivity index (χ3n) is 7.52. The van der Waals surface area contributed by atoms with Crippen molar-refractivity contribution < 1.29 is 24.2 Å². The van der Waals surface area contributed by atoms with Crippen LogP contribution in [0.1, 0.15) is 72.6 Å². The number of hydrogen-bond donors (Lipinski definition) is 1. The smallest absolute Gasteiger partial charge is 0.330 e. The number of carbonyl (C=O) groups excluding carboxylic acids is 2. The van der Waals surface area contributed by atoms with Crippen LogP contribution in [-0.2, 0) is 19.1 Å². The van der Waals surface area contributed by atoms with Crippen LogP contribution in [0.25, 0.3) is 0 Å². The number of hydrogen-bond acceptors (Lipinski definition) is 5. The molecule has 5 atom stereocenters. The summed E-state index contributed by atoms with van der Waals surface area (Å²) in [5, 5.41) is 11.1. The normalized spacial score (nSPS) is 40.1. The van der Waals surface area contributed by atoms with Gasteiger partial charge in [-0.2, -0.15) is 0 Å². The van der Waals surface area contributed by atoms with Gasteiger partial charge in [0.25, 0.3) is 0 Å². The van der Waals surface area contributed by atoms with Crippen LogP contribution in [0.2, 0.25) is 0 Å². The molecule has 0 aromatic carbocycles. The zero-order valence-electron chi connectivity index (χ0n) is 17.1. The Hall–Kier alpha value is -1.36. The van der Waals surface area contributed by atoms with E-state index in [0.29, 0.717) is 24.7 Å².